The van der Waals surface area contributed by atoms with Gasteiger partial charge in [-0.3, -0.25) is 9.52 Å². The van der Waals surface area contributed by atoms with Crippen molar-refractivity contribution < 1.29 is 13.2 Å². The van der Waals surface area contributed by atoms with Gasteiger partial charge in [0.1, 0.15) is 14.1 Å². The second kappa shape index (κ2) is 9.33. The number of aryl methyl sites for hydroxylation is 1. The highest BCUT2D eigenvalue weighted by Gasteiger charge is 2.24. The summed E-state index contributed by atoms with van der Waals surface area (Å²) < 4.78 is 28.6. The number of hydrogen-bond acceptors (Lipinski definition) is 6. The van der Waals surface area contributed by atoms with Gasteiger partial charge in [0.05, 0.1) is 5.69 Å². The first-order valence-electron chi connectivity index (χ1n) is 10.7. The molecule has 6 nitrogen and oxygen atoms in total. The first-order chi connectivity index (χ1) is 15.2. The number of carbonyl (C=O) groups excluding carboxylic acids is 1. The molecular weight excluding hydrogens is 462 g/mol. The predicted molar refractivity (Wildman–Crippen MR) is 131 cm³/mol. The lowest BCUT2D eigenvalue weighted by atomic mass is 10.0. The average Bonchev–Trinajstić information content (AvgIpc) is 3.41. The average molecular weight is 490 g/mol. The van der Waals surface area contributed by atoms with E-state index < -0.39 is 10.0 Å². The largest absolute Gasteiger partial charge is 0.338 e. The van der Waals surface area contributed by atoms with Crippen LogP contribution in [0.25, 0.3) is 10.6 Å². The Morgan fingerprint density at radius 3 is 2.47 bits per heavy atom. The van der Waals surface area contributed by atoms with Gasteiger partial charge in [0, 0.05) is 29.7 Å². The summed E-state index contributed by atoms with van der Waals surface area (Å²) in [5.41, 5.74) is 3.10. The van der Waals surface area contributed by atoms with Crippen molar-refractivity contribution in [2.24, 2.45) is 0 Å². The van der Waals surface area contributed by atoms with Gasteiger partial charge in [-0.1, -0.05) is 26.0 Å². The van der Waals surface area contributed by atoms with Crippen molar-refractivity contribution in [1.82, 2.24) is 9.88 Å². The summed E-state index contributed by atoms with van der Waals surface area (Å²) in [6, 6.07) is 9.06. The molecule has 0 atom stereocenters. The van der Waals surface area contributed by atoms with E-state index >= 15 is 0 Å². The van der Waals surface area contributed by atoms with Gasteiger partial charge in [-0.2, -0.15) is 0 Å². The number of thiazole rings is 1. The summed E-state index contributed by atoms with van der Waals surface area (Å²) in [5, 5.41) is 2.45. The molecule has 0 spiro atoms. The van der Waals surface area contributed by atoms with Crippen molar-refractivity contribution in [3.63, 3.8) is 0 Å². The van der Waals surface area contributed by atoms with Crippen molar-refractivity contribution in [1.29, 1.82) is 0 Å². The highest BCUT2D eigenvalue weighted by atomic mass is 32.2. The maximum absolute atomic E-state index is 12.9. The van der Waals surface area contributed by atoms with E-state index in [2.05, 4.69) is 23.6 Å². The molecule has 3 aromatic rings. The van der Waals surface area contributed by atoms with E-state index in [-0.39, 0.29) is 10.1 Å². The molecule has 4 rings (SSSR count). The maximum atomic E-state index is 12.9. The van der Waals surface area contributed by atoms with Crippen molar-refractivity contribution in [2.45, 2.75) is 50.2 Å². The Morgan fingerprint density at radius 1 is 1.12 bits per heavy atom. The molecule has 0 aliphatic carbocycles. The highest BCUT2D eigenvalue weighted by molar-refractivity contribution is 7.94. The minimum absolute atomic E-state index is 0.0283. The Hall–Kier alpha value is -2.23. The molecule has 0 saturated carbocycles. The highest BCUT2D eigenvalue weighted by Crippen LogP contribution is 2.34. The summed E-state index contributed by atoms with van der Waals surface area (Å²) in [7, 11) is -3.70. The van der Waals surface area contributed by atoms with Crippen LogP contribution in [0.15, 0.2) is 39.9 Å². The molecule has 0 bridgehead atoms. The number of sulfonamides is 1. The Kier molecular flexibility index (Phi) is 6.69. The zero-order valence-corrected chi connectivity index (χ0v) is 20.9. The third kappa shape index (κ3) is 4.89. The Labute approximate surface area is 197 Å². The van der Waals surface area contributed by atoms with Gasteiger partial charge in [0.2, 0.25) is 0 Å². The van der Waals surface area contributed by atoms with Crippen LogP contribution < -0.4 is 4.72 Å². The molecule has 32 heavy (non-hydrogen) atoms. The fraction of sp³-hybridized carbons (Fsp3) is 0.391. The predicted octanol–water partition coefficient (Wildman–Crippen LogP) is 5.73. The Balaban J connectivity index is 1.52. The van der Waals surface area contributed by atoms with E-state index in [4.69, 9.17) is 0 Å². The second-order valence-corrected chi connectivity index (χ2v) is 12.1. The lowest BCUT2D eigenvalue weighted by molar-refractivity contribution is 0.0728. The minimum Gasteiger partial charge on any atom is -0.338 e. The summed E-state index contributed by atoms with van der Waals surface area (Å²) in [6.45, 7) is 7.60. The first-order valence-corrected chi connectivity index (χ1v) is 13.9. The minimum atomic E-state index is -3.70. The van der Waals surface area contributed by atoms with E-state index in [1.54, 1.807) is 23.6 Å². The SMILES string of the molecule is Cc1nc(-c2csc(S(=O)(=O)Nc3ccc(C(C)C)cc3)c2)sc1C(=O)N1CCCCC1. The van der Waals surface area contributed by atoms with Crippen LogP contribution in [0.5, 0.6) is 0 Å². The number of benzene rings is 1. The van der Waals surface area contributed by atoms with Gasteiger partial charge in [0.25, 0.3) is 15.9 Å². The fourth-order valence-electron chi connectivity index (χ4n) is 3.67. The third-order valence-electron chi connectivity index (χ3n) is 5.55. The van der Waals surface area contributed by atoms with Crippen molar-refractivity contribution >= 4 is 44.3 Å². The lowest BCUT2D eigenvalue weighted by Gasteiger charge is -2.26. The van der Waals surface area contributed by atoms with Gasteiger partial charge in [-0.15, -0.1) is 22.7 Å². The maximum Gasteiger partial charge on any atom is 0.271 e. The molecule has 1 saturated heterocycles. The van der Waals surface area contributed by atoms with Gasteiger partial charge < -0.3 is 4.90 Å². The Bertz CT molecular complexity index is 1200. The van der Waals surface area contributed by atoms with Crippen LogP contribution >= 0.6 is 22.7 Å². The van der Waals surface area contributed by atoms with Gasteiger partial charge >= 0.3 is 0 Å². The molecular formula is C23H27N3O3S3. The number of anilines is 1. The summed E-state index contributed by atoms with van der Waals surface area (Å²) >= 11 is 2.49. The number of nitrogens with one attached hydrogen (secondary N) is 1. The molecule has 3 heterocycles. The standard InChI is InChI=1S/C23H27N3O3S3/c1-15(2)17-7-9-19(10-8-17)25-32(28,29)20-13-18(14-30-20)22-24-16(3)21(31-22)23(27)26-11-5-4-6-12-26/h7-10,13-15,25H,4-6,11-12H2,1-3H3. The van der Waals surface area contributed by atoms with Crippen LogP contribution in [-0.4, -0.2) is 37.3 Å². The van der Waals surface area contributed by atoms with E-state index in [0.717, 1.165) is 48.4 Å². The van der Waals surface area contributed by atoms with Crippen molar-refractivity contribution in [2.75, 3.05) is 17.8 Å². The molecule has 2 aromatic heterocycles. The normalized spacial score (nSPS) is 14.7. The number of thiophene rings is 1. The third-order valence-corrected chi connectivity index (χ3v) is 9.57. The molecule has 1 N–H and O–H groups in total. The molecule has 1 aliphatic rings. The number of likely N-dealkylation sites (tertiary alicyclic amines) is 1. The van der Waals surface area contributed by atoms with E-state index in [9.17, 15) is 13.2 Å². The van der Waals surface area contributed by atoms with Crippen LogP contribution in [0, 0.1) is 6.92 Å². The number of aromatic nitrogens is 1. The molecule has 170 valence electrons. The molecule has 9 heteroatoms. The number of piperidine rings is 1. The summed E-state index contributed by atoms with van der Waals surface area (Å²) in [6.07, 6.45) is 3.24. The number of rotatable bonds is 6. The molecule has 0 radical (unpaired) electrons. The number of nitrogens with zero attached hydrogens (tertiary/aromatic N) is 2. The van der Waals surface area contributed by atoms with E-state index in [1.807, 2.05) is 24.0 Å². The molecule has 1 fully saturated rings. The summed E-state index contributed by atoms with van der Waals surface area (Å²) in [4.78, 5) is 20.0. The molecule has 1 amide bonds. The van der Waals surface area contributed by atoms with Crippen LogP contribution in [0.4, 0.5) is 5.69 Å². The molecule has 1 aliphatic heterocycles. The fourth-order valence-corrected chi connectivity index (χ4v) is 6.99. The van der Waals surface area contributed by atoms with Crippen LogP contribution in [-0.2, 0) is 10.0 Å². The number of amides is 1. The summed E-state index contributed by atoms with van der Waals surface area (Å²) in [5.74, 6) is 0.412. The number of hydrogen-bond donors (Lipinski definition) is 1. The zero-order chi connectivity index (χ0) is 22.9. The van der Waals surface area contributed by atoms with E-state index in [0.29, 0.717) is 27.2 Å². The Morgan fingerprint density at radius 2 is 1.81 bits per heavy atom. The van der Waals surface area contributed by atoms with Gasteiger partial charge in [-0.25, -0.2) is 13.4 Å². The second-order valence-electron chi connectivity index (χ2n) is 8.32. The van der Waals surface area contributed by atoms with E-state index in [1.165, 1.54) is 17.8 Å². The van der Waals surface area contributed by atoms with Crippen LogP contribution in [0.2, 0.25) is 0 Å². The van der Waals surface area contributed by atoms with Gasteiger partial charge in [0.15, 0.2) is 0 Å². The molecule has 1 aromatic carbocycles. The van der Waals surface area contributed by atoms with Crippen molar-refractivity contribution in [3.8, 4) is 10.6 Å². The van der Waals surface area contributed by atoms with Crippen LogP contribution in [0.1, 0.15) is 60.0 Å². The number of carbonyl (C=O) groups is 1. The van der Waals surface area contributed by atoms with Crippen molar-refractivity contribution in [3.05, 3.63) is 51.8 Å². The molecule has 0 unspecified atom stereocenters. The van der Waals surface area contributed by atoms with Gasteiger partial charge in [-0.05, 0) is 55.9 Å². The topological polar surface area (TPSA) is 79.4 Å². The lowest BCUT2D eigenvalue weighted by Crippen LogP contribution is -2.35. The zero-order valence-electron chi connectivity index (χ0n) is 18.4. The first kappa shape index (κ1) is 22.9. The smallest absolute Gasteiger partial charge is 0.271 e. The monoisotopic (exact) mass is 489 g/mol. The van der Waals surface area contributed by atoms with Crippen LogP contribution in [0.3, 0.4) is 0 Å². The quantitative estimate of drug-likeness (QED) is 0.479.